The third-order valence-corrected chi connectivity index (χ3v) is 4.35. The smallest absolute Gasteiger partial charge is 0.0774 e. The first-order valence-corrected chi connectivity index (χ1v) is 7.53. The van der Waals surface area contributed by atoms with Crippen LogP contribution in [0.5, 0.6) is 0 Å². The Hall–Kier alpha value is -0.380. The van der Waals surface area contributed by atoms with E-state index in [1.54, 1.807) is 0 Å². The van der Waals surface area contributed by atoms with Crippen molar-refractivity contribution < 1.29 is 4.74 Å². The number of aryl methyl sites for hydroxylation is 1. The largest absolute Gasteiger partial charge is 0.373 e. The minimum atomic E-state index is 0.352. The molecule has 1 saturated heterocycles. The predicted octanol–water partition coefficient (Wildman–Crippen LogP) is 3.66. The van der Waals surface area contributed by atoms with Crippen molar-refractivity contribution in [1.82, 2.24) is 5.32 Å². The van der Waals surface area contributed by atoms with Crippen molar-refractivity contribution in [2.45, 2.75) is 58.3 Å². The van der Waals surface area contributed by atoms with E-state index in [1.807, 2.05) is 11.3 Å². The zero-order valence-electron chi connectivity index (χ0n) is 11.0. The average Bonchev–Trinajstić information content (AvgIpc) is 2.90. The number of ether oxygens (including phenoxy) is 1. The normalized spacial score (nSPS) is 26.3. The third kappa shape index (κ3) is 3.09. The lowest BCUT2D eigenvalue weighted by atomic mass is 10.00. The molecule has 0 radical (unpaired) electrons. The van der Waals surface area contributed by atoms with Gasteiger partial charge in [0.05, 0.1) is 18.2 Å². The van der Waals surface area contributed by atoms with E-state index < -0.39 is 0 Å². The molecule has 1 N–H and O–H groups in total. The van der Waals surface area contributed by atoms with Crippen LogP contribution in [0.4, 0.5) is 0 Å². The molecule has 2 heterocycles. The van der Waals surface area contributed by atoms with Gasteiger partial charge in [-0.2, -0.15) is 0 Å². The van der Waals surface area contributed by atoms with E-state index in [-0.39, 0.29) is 0 Å². The highest BCUT2D eigenvalue weighted by atomic mass is 32.1. The van der Waals surface area contributed by atoms with Crippen molar-refractivity contribution in [1.29, 1.82) is 0 Å². The molecule has 96 valence electrons. The zero-order chi connectivity index (χ0) is 12.3. The highest BCUT2D eigenvalue weighted by Gasteiger charge is 2.31. The lowest BCUT2D eigenvalue weighted by Crippen LogP contribution is -2.32. The fourth-order valence-electron chi connectivity index (χ4n) is 2.54. The molecule has 1 aromatic rings. The molecule has 2 nitrogen and oxygen atoms in total. The average molecular weight is 253 g/mol. The highest BCUT2D eigenvalue weighted by Crippen LogP contribution is 2.33. The topological polar surface area (TPSA) is 21.3 Å². The molecule has 2 rings (SSSR count). The summed E-state index contributed by atoms with van der Waals surface area (Å²) in [7, 11) is 0. The van der Waals surface area contributed by atoms with Crippen LogP contribution < -0.4 is 5.32 Å². The Morgan fingerprint density at radius 2 is 2.35 bits per heavy atom. The monoisotopic (exact) mass is 253 g/mol. The van der Waals surface area contributed by atoms with Gasteiger partial charge >= 0.3 is 0 Å². The van der Waals surface area contributed by atoms with Crippen LogP contribution in [0.1, 0.15) is 49.6 Å². The number of hydrogen-bond acceptors (Lipinski definition) is 3. The van der Waals surface area contributed by atoms with Gasteiger partial charge in [0.1, 0.15) is 0 Å². The van der Waals surface area contributed by atoms with E-state index in [9.17, 15) is 0 Å². The van der Waals surface area contributed by atoms with E-state index in [0.29, 0.717) is 18.2 Å². The predicted molar refractivity (Wildman–Crippen MR) is 73.7 cm³/mol. The molecule has 3 heteroatoms. The van der Waals surface area contributed by atoms with Crippen LogP contribution in [-0.2, 0) is 4.74 Å². The number of rotatable bonds is 5. The molecule has 0 spiro atoms. The van der Waals surface area contributed by atoms with Crippen LogP contribution in [0.2, 0.25) is 0 Å². The maximum Gasteiger partial charge on any atom is 0.0774 e. The highest BCUT2D eigenvalue weighted by molar-refractivity contribution is 7.10. The van der Waals surface area contributed by atoms with Crippen LogP contribution in [0.3, 0.4) is 0 Å². The first-order valence-electron chi connectivity index (χ1n) is 6.65. The van der Waals surface area contributed by atoms with Crippen LogP contribution in [0, 0.1) is 6.92 Å². The zero-order valence-corrected chi connectivity index (χ0v) is 11.8. The van der Waals surface area contributed by atoms with Crippen molar-refractivity contribution in [2.75, 3.05) is 6.54 Å². The van der Waals surface area contributed by atoms with Gasteiger partial charge in [-0.15, -0.1) is 11.3 Å². The Labute approximate surface area is 108 Å². The van der Waals surface area contributed by atoms with Gasteiger partial charge in [0.25, 0.3) is 0 Å². The molecule has 0 saturated carbocycles. The van der Waals surface area contributed by atoms with Crippen LogP contribution in [0.15, 0.2) is 11.4 Å². The van der Waals surface area contributed by atoms with Gasteiger partial charge in [0.2, 0.25) is 0 Å². The summed E-state index contributed by atoms with van der Waals surface area (Å²) in [5.74, 6) is 0. The number of nitrogens with one attached hydrogen (secondary N) is 1. The summed E-state index contributed by atoms with van der Waals surface area (Å²) in [6.07, 6.45) is 4.31. The fourth-order valence-corrected chi connectivity index (χ4v) is 3.29. The molecule has 0 aromatic carbocycles. The molecule has 0 amide bonds. The van der Waals surface area contributed by atoms with E-state index in [4.69, 9.17) is 4.74 Å². The quantitative estimate of drug-likeness (QED) is 0.864. The Bertz CT molecular complexity index is 350. The second-order valence-corrected chi connectivity index (χ2v) is 6.05. The van der Waals surface area contributed by atoms with E-state index in [0.717, 1.165) is 6.54 Å². The summed E-state index contributed by atoms with van der Waals surface area (Å²) < 4.78 is 6.04. The second-order valence-electron chi connectivity index (χ2n) is 4.93. The summed E-state index contributed by atoms with van der Waals surface area (Å²) in [4.78, 5) is 1.42. The lowest BCUT2D eigenvalue weighted by Gasteiger charge is -2.25. The van der Waals surface area contributed by atoms with Gasteiger partial charge in [-0.25, -0.2) is 0 Å². The summed E-state index contributed by atoms with van der Waals surface area (Å²) in [5.41, 5.74) is 1.43. The van der Waals surface area contributed by atoms with E-state index in [1.165, 1.54) is 29.7 Å². The first-order chi connectivity index (χ1) is 8.22. The molecule has 0 bridgehead atoms. The third-order valence-electron chi connectivity index (χ3n) is 3.48. The Balaban J connectivity index is 2.10. The molecule has 1 aliphatic heterocycles. The lowest BCUT2D eigenvalue weighted by molar-refractivity contribution is 0.0316. The minimum Gasteiger partial charge on any atom is -0.373 e. The molecular formula is C14H23NOS. The van der Waals surface area contributed by atoms with Crippen molar-refractivity contribution in [3.8, 4) is 0 Å². The van der Waals surface area contributed by atoms with Crippen LogP contribution in [-0.4, -0.2) is 18.8 Å². The molecule has 3 atom stereocenters. The molecule has 0 aliphatic carbocycles. The van der Waals surface area contributed by atoms with Crippen molar-refractivity contribution >= 4 is 11.3 Å². The summed E-state index contributed by atoms with van der Waals surface area (Å²) in [6.45, 7) is 7.66. The van der Waals surface area contributed by atoms with Crippen molar-refractivity contribution in [3.63, 3.8) is 0 Å². The molecule has 1 aromatic heterocycles. The van der Waals surface area contributed by atoms with Gasteiger partial charge in [0.15, 0.2) is 0 Å². The van der Waals surface area contributed by atoms with Gasteiger partial charge in [-0.3, -0.25) is 0 Å². The summed E-state index contributed by atoms with van der Waals surface area (Å²) in [6, 6.07) is 2.63. The first kappa shape index (κ1) is 13.1. The van der Waals surface area contributed by atoms with Crippen molar-refractivity contribution in [3.05, 3.63) is 21.9 Å². The standard InChI is InChI=1S/C14H23NOS/c1-4-8-15-14(12-7-9-17-11(12)3)13-6-5-10(2)16-13/h7,9-10,13-15H,4-6,8H2,1-3H3. The number of hydrogen-bond donors (Lipinski definition) is 1. The minimum absolute atomic E-state index is 0.352. The molecule has 3 unspecified atom stereocenters. The van der Waals surface area contributed by atoms with Gasteiger partial charge in [0, 0.05) is 4.88 Å². The summed E-state index contributed by atoms with van der Waals surface area (Å²) >= 11 is 1.83. The Morgan fingerprint density at radius 1 is 1.53 bits per heavy atom. The van der Waals surface area contributed by atoms with Gasteiger partial charge < -0.3 is 10.1 Å². The Kier molecular flexibility index (Phi) is 4.60. The van der Waals surface area contributed by atoms with E-state index in [2.05, 4.69) is 37.5 Å². The van der Waals surface area contributed by atoms with Crippen molar-refractivity contribution in [2.24, 2.45) is 0 Å². The second kappa shape index (κ2) is 5.98. The molecular weight excluding hydrogens is 230 g/mol. The SMILES string of the molecule is CCCNC(c1ccsc1C)C1CCC(C)O1. The maximum absolute atomic E-state index is 6.04. The fraction of sp³-hybridized carbons (Fsp3) is 0.714. The van der Waals surface area contributed by atoms with Gasteiger partial charge in [-0.05, 0) is 56.7 Å². The summed E-state index contributed by atoms with van der Waals surface area (Å²) in [5, 5.41) is 5.84. The van der Waals surface area contributed by atoms with Crippen LogP contribution in [0.25, 0.3) is 0 Å². The van der Waals surface area contributed by atoms with Gasteiger partial charge in [-0.1, -0.05) is 6.92 Å². The number of thiophene rings is 1. The molecule has 1 aliphatic rings. The van der Waals surface area contributed by atoms with E-state index >= 15 is 0 Å². The molecule has 17 heavy (non-hydrogen) atoms. The molecule has 1 fully saturated rings. The van der Waals surface area contributed by atoms with Crippen LogP contribution >= 0.6 is 11.3 Å². The maximum atomic E-state index is 6.04. The Morgan fingerprint density at radius 3 is 2.88 bits per heavy atom.